The van der Waals surface area contributed by atoms with E-state index in [1.165, 1.54) is 12.8 Å². The number of hydrogen-bond donors (Lipinski definition) is 1. The summed E-state index contributed by atoms with van der Waals surface area (Å²) < 4.78 is 5.68. The van der Waals surface area contributed by atoms with Gasteiger partial charge in [-0.25, -0.2) is 0 Å². The van der Waals surface area contributed by atoms with Gasteiger partial charge in [-0.15, -0.1) is 10.2 Å². The Bertz CT molecular complexity index is 566. The molecule has 2 aromatic rings. The van der Waals surface area contributed by atoms with E-state index in [9.17, 15) is 0 Å². The number of aromatic nitrogens is 2. The van der Waals surface area contributed by atoms with Crippen LogP contribution in [0.15, 0.2) is 28.7 Å². The van der Waals surface area contributed by atoms with Gasteiger partial charge in [0.05, 0.1) is 13.2 Å². The second-order valence-corrected chi connectivity index (χ2v) is 5.37. The zero-order chi connectivity index (χ0) is 13.9. The maximum absolute atomic E-state index is 9.08. The van der Waals surface area contributed by atoms with Gasteiger partial charge in [-0.2, -0.15) is 0 Å². The standard InChI is InChI=1S/C14H16ClN3O2/c15-11-3-1-10(2-4-11)14-17-16-13(20-14)9-18(7-8-19)12-5-6-12/h1-4,12,19H,5-9H2. The number of aliphatic hydroxyl groups excluding tert-OH is 1. The predicted octanol–water partition coefficient (Wildman–Crippen LogP) is 2.35. The van der Waals surface area contributed by atoms with E-state index in [1.54, 1.807) is 12.1 Å². The number of hydrogen-bond acceptors (Lipinski definition) is 5. The normalized spacial score (nSPS) is 14.9. The van der Waals surface area contributed by atoms with Crippen LogP contribution in [-0.2, 0) is 6.54 Å². The number of benzene rings is 1. The Labute approximate surface area is 122 Å². The van der Waals surface area contributed by atoms with Crippen LogP contribution in [0.4, 0.5) is 0 Å². The molecule has 0 saturated heterocycles. The predicted molar refractivity (Wildman–Crippen MR) is 75.3 cm³/mol. The van der Waals surface area contributed by atoms with E-state index in [4.69, 9.17) is 21.1 Å². The third-order valence-corrected chi connectivity index (χ3v) is 3.60. The second-order valence-electron chi connectivity index (χ2n) is 4.93. The second kappa shape index (κ2) is 5.91. The molecule has 1 aromatic heterocycles. The Morgan fingerprint density at radius 2 is 2.00 bits per heavy atom. The van der Waals surface area contributed by atoms with Gasteiger partial charge >= 0.3 is 0 Å². The Morgan fingerprint density at radius 1 is 1.25 bits per heavy atom. The molecule has 0 bridgehead atoms. The number of rotatable bonds is 6. The smallest absolute Gasteiger partial charge is 0.247 e. The van der Waals surface area contributed by atoms with Crippen molar-refractivity contribution in [2.45, 2.75) is 25.4 Å². The molecule has 3 rings (SSSR count). The molecule has 1 heterocycles. The van der Waals surface area contributed by atoms with E-state index >= 15 is 0 Å². The molecule has 1 aliphatic carbocycles. The molecule has 0 radical (unpaired) electrons. The molecule has 20 heavy (non-hydrogen) atoms. The van der Waals surface area contributed by atoms with Gasteiger partial charge in [-0.05, 0) is 37.1 Å². The maximum Gasteiger partial charge on any atom is 0.247 e. The summed E-state index contributed by atoms with van der Waals surface area (Å²) >= 11 is 5.85. The summed E-state index contributed by atoms with van der Waals surface area (Å²) in [6.07, 6.45) is 2.36. The maximum atomic E-state index is 9.08. The molecule has 1 fully saturated rings. The van der Waals surface area contributed by atoms with Gasteiger partial charge in [0, 0.05) is 23.2 Å². The molecule has 1 saturated carbocycles. The van der Waals surface area contributed by atoms with Crippen LogP contribution in [0.2, 0.25) is 5.02 Å². The molecule has 106 valence electrons. The fraction of sp³-hybridized carbons (Fsp3) is 0.429. The first kappa shape index (κ1) is 13.5. The van der Waals surface area contributed by atoms with Crippen LogP contribution in [0.1, 0.15) is 18.7 Å². The van der Waals surface area contributed by atoms with Crippen LogP contribution in [0.5, 0.6) is 0 Å². The first-order valence-corrected chi connectivity index (χ1v) is 7.07. The summed E-state index contributed by atoms with van der Waals surface area (Å²) in [5, 5.41) is 17.9. The molecular formula is C14H16ClN3O2. The topological polar surface area (TPSA) is 62.4 Å². The fourth-order valence-electron chi connectivity index (χ4n) is 2.16. The summed E-state index contributed by atoms with van der Waals surface area (Å²) in [5.74, 6) is 1.08. The molecule has 0 amide bonds. The van der Waals surface area contributed by atoms with Crippen LogP contribution >= 0.6 is 11.6 Å². The lowest BCUT2D eigenvalue weighted by atomic mass is 10.2. The molecule has 1 aromatic carbocycles. The lowest BCUT2D eigenvalue weighted by Crippen LogP contribution is -2.28. The molecule has 1 aliphatic rings. The minimum absolute atomic E-state index is 0.147. The van der Waals surface area contributed by atoms with Crippen molar-refractivity contribution in [3.63, 3.8) is 0 Å². The van der Waals surface area contributed by atoms with Crippen molar-refractivity contribution in [1.29, 1.82) is 0 Å². The van der Waals surface area contributed by atoms with E-state index in [0.717, 1.165) is 5.56 Å². The quantitative estimate of drug-likeness (QED) is 0.886. The largest absolute Gasteiger partial charge is 0.419 e. The highest BCUT2D eigenvalue weighted by Crippen LogP contribution is 2.28. The summed E-state index contributed by atoms with van der Waals surface area (Å²) in [5.41, 5.74) is 0.855. The highest BCUT2D eigenvalue weighted by molar-refractivity contribution is 6.30. The van der Waals surface area contributed by atoms with Crippen molar-refractivity contribution >= 4 is 11.6 Å². The molecule has 0 spiro atoms. The fourth-order valence-corrected chi connectivity index (χ4v) is 2.29. The van der Waals surface area contributed by atoms with Crippen LogP contribution in [0.25, 0.3) is 11.5 Å². The van der Waals surface area contributed by atoms with Crippen LogP contribution < -0.4 is 0 Å². The van der Waals surface area contributed by atoms with Gasteiger partial charge in [-0.1, -0.05) is 11.6 Å². The van der Waals surface area contributed by atoms with E-state index in [1.807, 2.05) is 12.1 Å². The minimum Gasteiger partial charge on any atom is -0.419 e. The molecule has 0 atom stereocenters. The highest BCUT2D eigenvalue weighted by Gasteiger charge is 2.29. The third-order valence-electron chi connectivity index (χ3n) is 3.35. The van der Waals surface area contributed by atoms with Gasteiger partial charge in [0.1, 0.15) is 0 Å². The van der Waals surface area contributed by atoms with E-state index in [-0.39, 0.29) is 6.61 Å². The lowest BCUT2D eigenvalue weighted by Gasteiger charge is -2.17. The number of aliphatic hydroxyl groups is 1. The van der Waals surface area contributed by atoms with Crippen molar-refractivity contribution in [3.05, 3.63) is 35.2 Å². The first-order valence-electron chi connectivity index (χ1n) is 6.69. The molecule has 5 nitrogen and oxygen atoms in total. The number of nitrogens with zero attached hydrogens (tertiary/aromatic N) is 3. The minimum atomic E-state index is 0.147. The Morgan fingerprint density at radius 3 is 2.65 bits per heavy atom. The summed E-state index contributed by atoms with van der Waals surface area (Å²) in [6, 6.07) is 7.84. The highest BCUT2D eigenvalue weighted by atomic mass is 35.5. The summed E-state index contributed by atoms with van der Waals surface area (Å²) in [7, 11) is 0. The van der Waals surface area contributed by atoms with Crippen molar-refractivity contribution in [1.82, 2.24) is 15.1 Å². The summed E-state index contributed by atoms with van der Waals surface area (Å²) in [4.78, 5) is 2.18. The van der Waals surface area contributed by atoms with Crippen molar-refractivity contribution in [2.24, 2.45) is 0 Å². The molecule has 1 N–H and O–H groups in total. The van der Waals surface area contributed by atoms with E-state index < -0.39 is 0 Å². The van der Waals surface area contributed by atoms with Gasteiger partial charge in [0.25, 0.3) is 0 Å². The average Bonchev–Trinajstić information content (AvgIpc) is 3.20. The van der Waals surface area contributed by atoms with Gasteiger partial charge < -0.3 is 9.52 Å². The van der Waals surface area contributed by atoms with Crippen LogP contribution in [0, 0.1) is 0 Å². The zero-order valence-electron chi connectivity index (χ0n) is 11.0. The molecule has 6 heteroatoms. The Hall–Kier alpha value is -1.43. The average molecular weight is 294 g/mol. The van der Waals surface area contributed by atoms with Crippen LogP contribution in [0.3, 0.4) is 0 Å². The molecule has 0 aliphatic heterocycles. The monoisotopic (exact) mass is 293 g/mol. The zero-order valence-corrected chi connectivity index (χ0v) is 11.8. The lowest BCUT2D eigenvalue weighted by molar-refractivity contribution is 0.172. The van der Waals surface area contributed by atoms with Crippen LogP contribution in [-0.4, -0.2) is 39.4 Å². The Kier molecular flexibility index (Phi) is 4.00. The SMILES string of the molecule is OCCN(Cc1nnc(-c2ccc(Cl)cc2)o1)C1CC1. The number of halogens is 1. The summed E-state index contributed by atoms with van der Waals surface area (Å²) in [6.45, 7) is 1.38. The van der Waals surface area contributed by atoms with Gasteiger partial charge in [0.15, 0.2) is 0 Å². The van der Waals surface area contributed by atoms with Crippen molar-refractivity contribution < 1.29 is 9.52 Å². The van der Waals surface area contributed by atoms with E-state index in [2.05, 4.69) is 15.1 Å². The van der Waals surface area contributed by atoms with Gasteiger partial charge in [-0.3, -0.25) is 4.90 Å². The molecule has 0 unspecified atom stereocenters. The molecular weight excluding hydrogens is 278 g/mol. The Balaban J connectivity index is 1.71. The first-order chi connectivity index (χ1) is 9.76. The third kappa shape index (κ3) is 3.17. The van der Waals surface area contributed by atoms with Crippen molar-refractivity contribution in [2.75, 3.05) is 13.2 Å². The van der Waals surface area contributed by atoms with Gasteiger partial charge in [0.2, 0.25) is 11.8 Å². The van der Waals surface area contributed by atoms with E-state index in [0.29, 0.717) is 35.9 Å². The van der Waals surface area contributed by atoms with Crippen molar-refractivity contribution in [3.8, 4) is 11.5 Å².